The Balaban J connectivity index is 1.86. The summed E-state index contributed by atoms with van der Waals surface area (Å²) in [6, 6.07) is 13.3. The molecule has 6 nitrogen and oxygen atoms in total. The van der Waals surface area contributed by atoms with Gasteiger partial charge in [0.1, 0.15) is 5.41 Å². The summed E-state index contributed by atoms with van der Waals surface area (Å²) in [4.78, 5) is 24.7. The second-order valence-corrected chi connectivity index (χ2v) is 8.98. The minimum atomic E-state index is -3.78. The zero-order valence-corrected chi connectivity index (χ0v) is 17.7. The van der Waals surface area contributed by atoms with Crippen molar-refractivity contribution in [2.24, 2.45) is 5.41 Å². The van der Waals surface area contributed by atoms with Crippen LogP contribution in [-0.2, 0) is 24.3 Å². The maximum atomic E-state index is 12.7. The van der Waals surface area contributed by atoms with Gasteiger partial charge in [0.15, 0.2) is 5.78 Å². The van der Waals surface area contributed by atoms with E-state index in [2.05, 4.69) is 16.6 Å². The second kappa shape index (κ2) is 8.72. The predicted octanol–water partition coefficient (Wildman–Crippen LogP) is 3.45. The maximum Gasteiger partial charge on any atom is 0.320 e. The first kappa shape index (κ1) is 21.6. The van der Waals surface area contributed by atoms with Gasteiger partial charge in [-0.1, -0.05) is 41.7 Å². The molecule has 1 atom stereocenters. The lowest BCUT2D eigenvalue weighted by atomic mass is 9.82. The minimum absolute atomic E-state index is 0.0392. The van der Waals surface area contributed by atoms with Crippen molar-refractivity contribution in [2.45, 2.75) is 37.5 Å². The molecule has 1 unspecified atom stereocenters. The smallest absolute Gasteiger partial charge is 0.320 e. The van der Waals surface area contributed by atoms with Gasteiger partial charge >= 0.3 is 5.97 Å². The third kappa shape index (κ3) is 4.39. The number of anilines is 1. The Kier molecular flexibility index (Phi) is 6.28. The van der Waals surface area contributed by atoms with Gasteiger partial charge < -0.3 is 4.74 Å². The fourth-order valence-electron chi connectivity index (χ4n) is 3.49. The number of methoxy groups -OCH3 is 1. The van der Waals surface area contributed by atoms with Crippen LogP contribution in [0.2, 0.25) is 0 Å². The van der Waals surface area contributed by atoms with Crippen LogP contribution in [0.15, 0.2) is 53.4 Å². The monoisotopic (exact) mass is 425 g/mol. The first-order chi connectivity index (χ1) is 14.3. The van der Waals surface area contributed by atoms with E-state index >= 15 is 0 Å². The van der Waals surface area contributed by atoms with Crippen LogP contribution >= 0.6 is 0 Å². The van der Waals surface area contributed by atoms with Crippen molar-refractivity contribution in [2.75, 3.05) is 11.8 Å². The van der Waals surface area contributed by atoms with Crippen LogP contribution in [0.3, 0.4) is 0 Å². The van der Waals surface area contributed by atoms with Crippen LogP contribution in [0.5, 0.6) is 0 Å². The molecule has 0 aliphatic heterocycles. The molecular weight excluding hydrogens is 402 g/mol. The standard InChI is InChI=1S/C23H23NO5S/c1-17-11-13-19(14-12-17)30(27,28)24-20-9-4-3-7-18(20)8-5-15-23(22(26)29-2)16-6-10-21(23)25/h3-4,7,9,11-14,24H,6,10,15-16H2,1-2H3. The Bertz CT molecular complexity index is 1130. The number of aryl methyl sites for hydroxylation is 1. The third-order valence-electron chi connectivity index (χ3n) is 5.23. The van der Waals surface area contributed by atoms with E-state index < -0.39 is 21.4 Å². The van der Waals surface area contributed by atoms with Crippen LogP contribution in [0.4, 0.5) is 5.69 Å². The van der Waals surface area contributed by atoms with Crippen LogP contribution in [0.25, 0.3) is 0 Å². The summed E-state index contributed by atoms with van der Waals surface area (Å²) in [7, 11) is -2.52. The molecule has 1 aliphatic rings. The van der Waals surface area contributed by atoms with Crippen LogP contribution in [0.1, 0.15) is 36.8 Å². The zero-order valence-electron chi connectivity index (χ0n) is 16.9. The molecule has 0 spiro atoms. The number of carbonyl (C=O) groups is 2. The van der Waals surface area contributed by atoms with Crippen molar-refractivity contribution in [1.82, 2.24) is 0 Å². The van der Waals surface area contributed by atoms with Gasteiger partial charge in [-0.2, -0.15) is 0 Å². The number of nitrogens with one attached hydrogen (secondary N) is 1. The van der Waals surface area contributed by atoms with Crippen molar-refractivity contribution >= 4 is 27.5 Å². The lowest BCUT2D eigenvalue weighted by Gasteiger charge is -2.21. The summed E-state index contributed by atoms with van der Waals surface area (Å²) >= 11 is 0. The third-order valence-corrected chi connectivity index (χ3v) is 6.61. The van der Waals surface area contributed by atoms with Gasteiger partial charge in [0.25, 0.3) is 10.0 Å². The Hall–Kier alpha value is -3.11. The predicted molar refractivity (Wildman–Crippen MR) is 113 cm³/mol. The Morgan fingerprint density at radius 3 is 2.50 bits per heavy atom. The van der Waals surface area contributed by atoms with Gasteiger partial charge in [-0.3, -0.25) is 14.3 Å². The van der Waals surface area contributed by atoms with E-state index in [-0.39, 0.29) is 17.1 Å². The van der Waals surface area contributed by atoms with E-state index in [1.807, 2.05) is 6.92 Å². The number of para-hydroxylation sites is 1. The molecule has 1 saturated carbocycles. The average molecular weight is 426 g/mol. The highest BCUT2D eigenvalue weighted by Crippen LogP contribution is 2.39. The minimum Gasteiger partial charge on any atom is -0.468 e. The Morgan fingerprint density at radius 1 is 1.17 bits per heavy atom. The first-order valence-electron chi connectivity index (χ1n) is 9.58. The van der Waals surface area contributed by atoms with Crippen LogP contribution < -0.4 is 4.72 Å². The summed E-state index contributed by atoms with van der Waals surface area (Å²) in [5.41, 5.74) is 0.522. The molecule has 2 aromatic rings. The van der Waals surface area contributed by atoms with E-state index in [0.29, 0.717) is 30.5 Å². The Morgan fingerprint density at radius 2 is 1.87 bits per heavy atom. The number of rotatable bonds is 5. The summed E-state index contributed by atoms with van der Waals surface area (Å²) < 4.78 is 32.8. The molecule has 3 rings (SSSR count). The fraction of sp³-hybridized carbons (Fsp3) is 0.304. The molecule has 7 heteroatoms. The number of esters is 1. The SMILES string of the molecule is COC(=O)C1(CC#Cc2ccccc2NS(=O)(=O)c2ccc(C)cc2)CCCC1=O. The van der Waals surface area contributed by atoms with Crippen molar-refractivity contribution in [3.63, 3.8) is 0 Å². The molecule has 0 bridgehead atoms. The number of hydrogen-bond donors (Lipinski definition) is 1. The number of hydrogen-bond acceptors (Lipinski definition) is 5. The van der Waals surface area contributed by atoms with Gasteiger partial charge in [0.2, 0.25) is 0 Å². The van der Waals surface area contributed by atoms with Gasteiger partial charge in [-0.15, -0.1) is 0 Å². The average Bonchev–Trinajstić information content (AvgIpc) is 3.10. The lowest BCUT2D eigenvalue weighted by Crippen LogP contribution is -2.36. The molecule has 0 heterocycles. The molecular formula is C23H23NO5S. The molecule has 1 N–H and O–H groups in total. The quantitative estimate of drug-likeness (QED) is 0.450. The zero-order chi connectivity index (χ0) is 21.8. The van der Waals surface area contributed by atoms with Gasteiger partial charge in [-0.25, -0.2) is 8.42 Å². The van der Waals surface area contributed by atoms with Gasteiger partial charge in [0.05, 0.1) is 17.7 Å². The Labute approximate surface area is 176 Å². The molecule has 0 radical (unpaired) electrons. The number of sulfonamides is 1. The largest absolute Gasteiger partial charge is 0.468 e. The van der Waals surface area contributed by atoms with E-state index in [0.717, 1.165) is 5.56 Å². The number of Topliss-reactive ketones (excluding diaryl/α,β-unsaturated/α-hetero) is 1. The normalized spacial score (nSPS) is 18.4. The van der Waals surface area contributed by atoms with E-state index in [1.54, 1.807) is 36.4 Å². The van der Waals surface area contributed by atoms with Crippen molar-refractivity contribution in [1.29, 1.82) is 0 Å². The van der Waals surface area contributed by atoms with E-state index in [1.165, 1.54) is 19.2 Å². The molecule has 0 aromatic heterocycles. The second-order valence-electron chi connectivity index (χ2n) is 7.29. The number of carbonyl (C=O) groups excluding carboxylic acids is 2. The summed E-state index contributed by atoms with van der Waals surface area (Å²) in [6.07, 6.45) is 1.42. The fourth-order valence-corrected chi connectivity index (χ4v) is 4.57. The summed E-state index contributed by atoms with van der Waals surface area (Å²) in [6.45, 7) is 1.88. The maximum absolute atomic E-state index is 12.7. The highest BCUT2D eigenvalue weighted by atomic mass is 32.2. The molecule has 30 heavy (non-hydrogen) atoms. The summed E-state index contributed by atoms with van der Waals surface area (Å²) in [5.74, 6) is 5.09. The highest BCUT2D eigenvalue weighted by Gasteiger charge is 2.49. The highest BCUT2D eigenvalue weighted by molar-refractivity contribution is 7.92. The molecule has 156 valence electrons. The summed E-state index contributed by atoms with van der Waals surface area (Å²) in [5, 5.41) is 0. The number of ether oxygens (including phenoxy) is 1. The van der Waals surface area contributed by atoms with Crippen molar-refractivity contribution in [3.05, 3.63) is 59.7 Å². The number of ketones is 1. The van der Waals surface area contributed by atoms with E-state index in [4.69, 9.17) is 4.74 Å². The lowest BCUT2D eigenvalue weighted by molar-refractivity contribution is -0.156. The molecule has 1 fully saturated rings. The van der Waals surface area contributed by atoms with E-state index in [9.17, 15) is 18.0 Å². The van der Waals surface area contributed by atoms with Crippen molar-refractivity contribution in [3.8, 4) is 11.8 Å². The first-order valence-corrected chi connectivity index (χ1v) is 11.1. The van der Waals surface area contributed by atoms with Gasteiger partial charge in [0, 0.05) is 18.4 Å². The van der Waals surface area contributed by atoms with Crippen LogP contribution in [0, 0.1) is 24.2 Å². The topological polar surface area (TPSA) is 89.5 Å². The molecule has 0 saturated heterocycles. The van der Waals surface area contributed by atoms with Crippen molar-refractivity contribution < 1.29 is 22.7 Å². The molecule has 2 aromatic carbocycles. The molecule has 0 amide bonds. The molecule has 1 aliphatic carbocycles. The number of benzene rings is 2. The van der Waals surface area contributed by atoms with Gasteiger partial charge in [-0.05, 0) is 44.0 Å². The van der Waals surface area contributed by atoms with Crippen LogP contribution in [-0.4, -0.2) is 27.3 Å².